The second-order valence-corrected chi connectivity index (χ2v) is 10.9. The lowest BCUT2D eigenvalue weighted by Gasteiger charge is -2.32. The Morgan fingerprint density at radius 1 is 1.09 bits per heavy atom. The second kappa shape index (κ2) is 10.5. The van der Waals surface area contributed by atoms with Crippen molar-refractivity contribution in [3.05, 3.63) is 79.7 Å². The van der Waals surface area contributed by atoms with Gasteiger partial charge in [0.15, 0.2) is 0 Å². The molecule has 1 saturated heterocycles. The highest BCUT2D eigenvalue weighted by molar-refractivity contribution is 7.09. The quantitative estimate of drug-likeness (QED) is 0.481. The van der Waals surface area contributed by atoms with Crippen LogP contribution in [0.15, 0.2) is 46.7 Å². The number of thiazole rings is 1. The van der Waals surface area contributed by atoms with Gasteiger partial charge in [-0.15, -0.1) is 11.3 Å². The van der Waals surface area contributed by atoms with Gasteiger partial charge in [-0.05, 0) is 54.6 Å². The molecular weight excluding hydrogens is 456 g/mol. The zero-order valence-corrected chi connectivity index (χ0v) is 21.7. The fraction of sp³-hybridized carbons (Fsp3) is 0.429. The van der Waals surface area contributed by atoms with E-state index in [1.807, 2.05) is 12.3 Å². The lowest BCUT2D eigenvalue weighted by atomic mass is 9.93. The number of pyridine rings is 1. The molecule has 5 rings (SSSR count). The Labute approximate surface area is 211 Å². The molecule has 0 radical (unpaired) electrons. The summed E-state index contributed by atoms with van der Waals surface area (Å²) in [6.07, 6.45) is 5.79. The standard InChI is InChI=1S/C28H34N4O2S/c1-20(2)26-19-35-27(29-26)18-34-25-8-9-32(28(33)16-25)24-7-6-22-14-21(4-5-23(22)15-24)17-31-12-10-30(3)11-13-31/h4-5,8-9,14-16,19-20H,6-7,10-13,17-18H2,1-3H3. The number of likely N-dealkylation sites (N-methyl/N-ethyl adjacent to an activating group) is 1. The molecule has 1 aliphatic heterocycles. The van der Waals surface area contributed by atoms with Crippen molar-refractivity contribution in [2.24, 2.45) is 0 Å². The lowest BCUT2D eigenvalue weighted by molar-refractivity contribution is 0.148. The zero-order chi connectivity index (χ0) is 24.4. The van der Waals surface area contributed by atoms with Crippen molar-refractivity contribution >= 4 is 23.1 Å². The minimum Gasteiger partial charge on any atom is -0.486 e. The van der Waals surface area contributed by atoms with E-state index in [2.05, 4.69) is 65.3 Å². The van der Waals surface area contributed by atoms with Gasteiger partial charge >= 0.3 is 0 Å². The Balaban J connectivity index is 1.25. The van der Waals surface area contributed by atoms with Gasteiger partial charge in [-0.2, -0.15) is 0 Å². The van der Waals surface area contributed by atoms with E-state index in [1.54, 1.807) is 22.0 Å². The zero-order valence-electron chi connectivity index (χ0n) is 20.9. The van der Waals surface area contributed by atoms with E-state index in [1.165, 1.54) is 16.7 Å². The fourth-order valence-electron chi connectivity index (χ4n) is 4.67. The maximum Gasteiger partial charge on any atom is 0.258 e. The number of fused-ring (bicyclic) bond motifs is 1. The first kappa shape index (κ1) is 24.0. The van der Waals surface area contributed by atoms with E-state index in [4.69, 9.17) is 4.74 Å². The summed E-state index contributed by atoms with van der Waals surface area (Å²) < 4.78 is 7.60. The van der Waals surface area contributed by atoms with Gasteiger partial charge in [-0.25, -0.2) is 4.98 Å². The van der Waals surface area contributed by atoms with Crippen LogP contribution < -0.4 is 10.3 Å². The number of allylic oxidation sites excluding steroid dienone is 1. The van der Waals surface area contributed by atoms with Crippen LogP contribution in [0.3, 0.4) is 0 Å². The van der Waals surface area contributed by atoms with Crippen molar-refractivity contribution in [3.63, 3.8) is 0 Å². The number of piperazine rings is 1. The van der Waals surface area contributed by atoms with E-state index in [-0.39, 0.29) is 5.56 Å². The summed E-state index contributed by atoms with van der Waals surface area (Å²) in [6, 6.07) is 10.2. The minimum absolute atomic E-state index is 0.0640. The average molecular weight is 491 g/mol. The summed E-state index contributed by atoms with van der Waals surface area (Å²) in [6.45, 7) is 10.2. The largest absolute Gasteiger partial charge is 0.486 e. The number of hydrogen-bond donors (Lipinski definition) is 0. The van der Waals surface area contributed by atoms with E-state index >= 15 is 0 Å². The summed E-state index contributed by atoms with van der Waals surface area (Å²) in [4.78, 5) is 22.4. The molecule has 0 atom stereocenters. The van der Waals surface area contributed by atoms with Crippen molar-refractivity contribution < 1.29 is 4.74 Å². The monoisotopic (exact) mass is 490 g/mol. The predicted octanol–water partition coefficient (Wildman–Crippen LogP) is 4.70. The molecule has 7 heteroatoms. The molecule has 1 aliphatic carbocycles. The van der Waals surface area contributed by atoms with Crippen molar-refractivity contribution in [2.45, 2.75) is 45.8 Å². The van der Waals surface area contributed by atoms with Crippen LogP contribution >= 0.6 is 11.3 Å². The third-order valence-electron chi connectivity index (χ3n) is 6.91. The molecule has 0 amide bonds. The molecule has 3 heterocycles. The number of aromatic nitrogens is 2. The number of benzene rings is 1. The molecule has 2 aliphatic rings. The van der Waals surface area contributed by atoms with Gasteiger partial charge in [0.05, 0.1) is 5.69 Å². The highest BCUT2D eigenvalue weighted by Crippen LogP contribution is 2.28. The van der Waals surface area contributed by atoms with Crippen LogP contribution in [-0.2, 0) is 19.6 Å². The molecular formula is C28H34N4O2S. The van der Waals surface area contributed by atoms with E-state index in [9.17, 15) is 4.79 Å². The number of rotatable bonds is 7. The smallest absolute Gasteiger partial charge is 0.258 e. The van der Waals surface area contributed by atoms with Crippen molar-refractivity contribution in [3.8, 4) is 5.75 Å². The topological polar surface area (TPSA) is 50.6 Å². The van der Waals surface area contributed by atoms with E-state index in [0.717, 1.165) is 62.0 Å². The highest BCUT2D eigenvalue weighted by atomic mass is 32.1. The Morgan fingerprint density at radius 3 is 2.66 bits per heavy atom. The summed E-state index contributed by atoms with van der Waals surface area (Å²) in [5.74, 6) is 0.985. The molecule has 0 N–H and O–H groups in total. The summed E-state index contributed by atoms with van der Waals surface area (Å²) in [5, 5.41) is 3.00. The minimum atomic E-state index is -0.0640. The van der Waals surface area contributed by atoms with Gasteiger partial charge in [-0.3, -0.25) is 14.3 Å². The molecule has 0 unspecified atom stereocenters. The average Bonchev–Trinajstić information content (AvgIpc) is 3.34. The molecule has 35 heavy (non-hydrogen) atoms. The lowest BCUT2D eigenvalue weighted by Crippen LogP contribution is -2.43. The van der Waals surface area contributed by atoms with Gasteiger partial charge in [-0.1, -0.05) is 32.0 Å². The SMILES string of the molecule is CC(C)c1csc(COc2ccn(C3=Cc4ccc(CN5CCN(C)CC5)cc4CC3)c(=O)c2)n1. The molecule has 2 aromatic heterocycles. The maximum absolute atomic E-state index is 12.9. The van der Waals surface area contributed by atoms with Crippen LogP contribution in [0.2, 0.25) is 0 Å². The third-order valence-corrected chi connectivity index (χ3v) is 7.75. The first-order valence-corrected chi connectivity index (χ1v) is 13.4. The Kier molecular flexibility index (Phi) is 7.18. The van der Waals surface area contributed by atoms with Crippen molar-refractivity contribution in [2.75, 3.05) is 33.2 Å². The predicted molar refractivity (Wildman–Crippen MR) is 143 cm³/mol. The van der Waals surface area contributed by atoms with Gasteiger partial charge in [0.25, 0.3) is 5.56 Å². The molecule has 1 aromatic carbocycles. The second-order valence-electron chi connectivity index (χ2n) is 9.93. The Morgan fingerprint density at radius 2 is 1.91 bits per heavy atom. The van der Waals surface area contributed by atoms with Crippen LogP contribution in [0.4, 0.5) is 0 Å². The summed E-state index contributed by atoms with van der Waals surface area (Å²) in [7, 11) is 2.19. The van der Waals surface area contributed by atoms with Gasteiger partial charge in [0.2, 0.25) is 0 Å². The molecule has 1 fully saturated rings. The van der Waals surface area contributed by atoms with Crippen LogP contribution in [0.1, 0.15) is 53.6 Å². The van der Waals surface area contributed by atoms with Crippen molar-refractivity contribution in [1.82, 2.24) is 19.4 Å². The van der Waals surface area contributed by atoms with Gasteiger partial charge in [0.1, 0.15) is 17.4 Å². The Hall–Kier alpha value is -2.74. The van der Waals surface area contributed by atoms with Gasteiger partial charge < -0.3 is 9.64 Å². The molecule has 3 aromatic rings. The van der Waals surface area contributed by atoms with Crippen LogP contribution in [-0.4, -0.2) is 52.6 Å². The summed E-state index contributed by atoms with van der Waals surface area (Å²) >= 11 is 1.60. The van der Waals surface area contributed by atoms with Crippen LogP contribution in [0.5, 0.6) is 5.75 Å². The maximum atomic E-state index is 12.9. The molecule has 6 nitrogen and oxygen atoms in total. The number of hydrogen-bond acceptors (Lipinski definition) is 6. The third kappa shape index (κ3) is 5.74. The van der Waals surface area contributed by atoms with Gasteiger partial charge in [0, 0.05) is 56.1 Å². The summed E-state index contributed by atoms with van der Waals surface area (Å²) in [5.41, 5.74) is 6.01. The molecule has 0 bridgehead atoms. The molecule has 184 valence electrons. The Bertz CT molecular complexity index is 1270. The normalized spacial score (nSPS) is 16.9. The van der Waals surface area contributed by atoms with Crippen molar-refractivity contribution in [1.29, 1.82) is 0 Å². The number of ether oxygens (including phenoxy) is 1. The van der Waals surface area contributed by atoms with Crippen LogP contribution in [0.25, 0.3) is 11.8 Å². The van der Waals surface area contributed by atoms with E-state index < -0.39 is 0 Å². The highest BCUT2D eigenvalue weighted by Gasteiger charge is 2.17. The molecule has 0 saturated carbocycles. The first-order chi connectivity index (χ1) is 16.9. The first-order valence-electron chi connectivity index (χ1n) is 12.5. The molecule has 0 spiro atoms. The fourth-order valence-corrected chi connectivity index (χ4v) is 5.54. The van der Waals surface area contributed by atoms with E-state index in [0.29, 0.717) is 18.3 Å². The number of nitrogens with zero attached hydrogens (tertiary/aromatic N) is 4. The number of aryl methyl sites for hydroxylation is 1. The van der Waals surface area contributed by atoms with Crippen LogP contribution in [0, 0.1) is 0 Å².